The van der Waals surface area contributed by atoms with Crippen LogP contribution in [0.1, 0.15) is 11.1 Å². The molecule has 0 aromatic heterocycles. The Bertz CT molecular complexity index is 1220. The SMILES string of the molecule is Clc1cccc2c(C(=C3C=CC=C3)c3cccc4c(Cl)cccc34)cccc12. The molecule has 0 bridgehead atoms. The van der Waals surface area contributed by atoms with Gasteiger partial charge >= 0.3 is 0 Å². The summed E-state index contributed by atoms with van der Waals surface area (Å²) in [6.07, 6.45) is 8.46. The van der Waals surface area contributed by atoms with Gasteiger partial charge in [-0.05, 0) is 45.2 Å². The molecule has 0 atom stereocenters. The summed E-state index contributed by atoms with van der Waals surface area (Å²) < 4.78 is 0. The highest BCUT2D eigenvalue weighted by atomic mass is 35.5. The van der Waals surface area contributed by atoms with E-state index in [-0.39, 0.29) is 0 Å². The highest BCUT2D eigenvalue weighted by Gasteiger charge is 2.16. The molecule has 28 heavy (non-hydrogen) atoms. The second-order valence-electron chi connectivity index (χ2n) is 6.83. The fourth-order valence-corrected chi connectivity index (χ4v) is 4.45. The van der Waals surface area contributed by atoms with Crippen LogP contribution < -0.4 is 0 Å². The number of benzene rings is 4. The minimum Gasteiger partial charge on any atom is -0.0837 e. The zero-order chi connectivity index (χ0) is 19.1. The molecular weight excluding hydrogens is 383 g/mol. The number of fused-ring (bicyclic) bond motifs is 2. The predicted octanol–water partition coefficient (Wildman–Crippen LogP) is 8.23. The third-order valence-electron chi connectivity index (χ3n) is 5.23. The highest BCUT2D eigenvalue weighted by Crippen LogP contribution is 2.39. The molecule has 0 fully saturated rings. The van der Waals surface area contributed by atoms with Crippen LogP contribution in [0.4, 0.5) is 0 Å². The zero-order valence-electron chi connectivity index (χ0n) is 15.0. The van der Waals surface area contributed by atoms with Crippen LogP contribution in [-0.4, -0.2) is 0 Å². The Kier molecular flexibility index (Phi) is 4.31. The Morgan fingerprint density at radius 1 is 0.500 bits per heavy atom. The van der Waals surface area contributed by atoms with Crippen molar-refractivity contribution >= 4 is 50.3 Å². The Labute approximate surface area is 174 Å². The van der Waals surface area contributed by atoms with Crippen molar-refractivity contribution in [1.82, 2.24) is 0 Å². The first-order valence-corrected chi connectivity index (χ1v) is 9.94. The van der Waals surface area contributed by atoms with Crippen LogP contribution in [0, 0.1) is 0 Å². The lowest BCUT2D eigenvalue weighted by Crippen LogP contribution is -1.95. The molecular formula is C26H16Cl2. The van der Waals surface area contributed by atoms with E-state index in [1.54, 1.807) is 0 Å². The van der Waals surface area contributed by atoms with Crippen molar-refractivity contribution in [3.05, 3.63) is 124 Å². The van der Waals surface area contributed by atoms with E-state index in [2.05, 4.69) is 72.8 Å². The summed E-state index contributed by atoms with van der Waals surface area (Å²) in [5.41, 5.74) is 4.70. The minimum atomic E-state index is 0.766. The van der Waals surface area contributed by atoms with Gasteiger partial charge in [0.1, 0.15) is 0 Å². The topological polar surface area (TPSA) is 0 Å². The van der Waals surface area contributed by atoms with Crippen molar-refractivity contribution < 1.29 is 0 Å². The van der Waals surface area contributed by atoms with Crippen molar-refractivity contribution in [3.8, 4) is 0 Å². The molecule has 1 aliphatic rings. The molecule has 2 heteroatoms. The Morgan fingerprint density at radius 3 is 1.43 bits per heavy atom. The molecule has 0 radical (unpaired) electrons. The average molecular weight is 399 g/mol. The van der Waals surface area contributed by atoms with Gasteiger partial charge in [0.15, 0.2) is 0 Å². The van der Waals surface area contributed by atoms with Crippen molar-refractivity contribution in [2.75, 3.05) is 0 Å². The molecule has 4 aromatic carbocycles. The van der Waals surface area contributed by atoms with Gasteiger partial charge in [-0.1, -0.05) is 108 Å². The van der Waals surface area contributed by atoms with Crippen molar-refractivity contribution in [2.24, 2.45) is 0 Å². The lowest BCUT2D eigenvalue weighted by Gasteiger charge is -2.17. The smallest absolute Gasteiger partial charge is 0.0484 e. The van der Waals surface area contributed by atoms with Gasteiger partial charge in [-0.3, -0.25) is 0 Å². The number of hydrogen-bond donors (Lipinski definition) is 0. The third kappa shape index (κ3) is 2.77. The zero-order valence-corrected chi connectivity index (χ0v) is 16.5. The van der Waals surface area contributed by atoms with Gasteiger partial charge in [0.05, 0.1) is 0 Å². The highest BCUT2D eigenvalue weighted by molar-refractivity contribution is 6.36. The molecule has 0 heterocycles. The van der Waals surface area contributed by atoms with E-state index < -0.39 is 0 Å². The molecule has 0 nitrogen and oxygen atoms in total. The van der Waals surface area contributed by atoms with Crippen LogP contribution >= 0.6 is 23.2 Å². The van der Waals surface area contributed by atoms with Crippen LogP contribution in [0.15, 0.2) is 103 Å². The minimum absolute atomic E-state index is 0.766. The molecule has 134 valence electrons. The summed E-state index contributed by atoms with van der Waals surface area (Å²) in [6.45, 7) is 0. The molecule has 0 spiro atoms. The van der Waals surface area contributed by atoms with Gasteiger partial charge in [-0.25, -0.2) is 0 Å². The lowest BCUT2D eigenvalue weighted by atomic mass is 9.87. The van der Waals surface area contributed by atoms with E-state index in [1.807, 2.05) is 24.3 Å². The summed E-state index contributed by atoms with van der Waals surface area (Å²) in [4.78, 5) is 0. The van der Waals surface area contributed by atoms with Gasteiger partial charge in [0.2, 0.25) is 0 Å². The Hall–Kier alpha value is -2.80. The largest absolute Gasteiger partial charge is 0.0837 e. The monoisotopic (exact) mass is 398 g/mol. The standard InChI is InChI=1S/C26H16Cl2/c27-24-15-5-9-18-20(24)11-3-13-22(18)26(17-7-1-2-8-17)23-14-4-12-21-19(23)10-6-16-25(21)28/h1-16H. The molecule has 0 aliphatic heterocycles. The summed E-state index contributed by atoms with van der Waals surface area (Å²) in [5, 5.41) is 5.94. The first-order chi connectivity index (χ1) is 13.7. The molecule has 4 aromatic rings. The number of hydrogen-bond acceptors (Lipinski definition) is 0. The van der Waals surface area contributed by atoms with Crippen LogP contribution in [0.2, 0.25) is 10.0 Å². The molecule has 0 N–H and O–H groups in total. The van der Waals surface area contributed by atoms with E-state index in [0.717, 1.165) is 31.6 Å². The normalized spacial score (nSPS) is 13.0. The van der Waals surface area contributed by atoms with Gasteiger partial charge in [-0.2, -0.15) is 0 Å². The summed E-state index contributed by atoms with van der Waals surface area (Å²) in [5.74, 6) is 0. The quantitative estimate of drug-likeness (QED) is 0.318. The van der Waals surface area contributed by atoms with E-state index in [0.29, 0.717) is 0 Å². The van der Waals surface area contributed by atoms with E-state index in [1.165, 1.54) is 22.3 Å². The number of rotatable bonds is 2. The molecule has 0 amide bonds. The van der Waals surface area contributed by atoms with Crippen LogP contribution in [-0.2, 0) is 0 Å². The lowest BCUT2D eigenvalue weighted by molar-refractivity contribution is 1.58. The molecule has 5 rings (SSSR count). The van der Waals surface area contributed by atoms with Crippen molar-refractivity contribution in [1.29, 1.82) is 0 Å². The van der Waals surface area contributed by atoms with E-state index in [9.17, 15) is 0 Å². The van der Waals surface area contributed by atoms with Gasteiger partial charge in [0.25, 0.3) is 0 Å². The molecule has 1 aliphatic carbocycles. The van der Waals surface area contributed by atoms with E-state index in [4.69, 9.17) is 23.2 Å². The maximum atomic E-state index is 6.49. The first kappa shape index (κ1) is 17.3. The number of allylic oxidation sites excluding steroid dienone is 5. The summed E-state index contributed by atoms with van der Waals surface area (Å²) >= 11 is 13.0. The summed E-state index contributed by atoms with van der Waals surface area (Å²) in [7, 11) is 0. The maximum absolute atomic E-state index is 6.49. The molecule has 0 unspecified atom stereocenters. The van der Waals surface area contributed by atoms with Gasteiger partial charge in [0, 0.05) is 20.8 Å². The number of halogens is 2. The van der Waals surface area contributed by atoms with Crippen LogP contribution in [0.25, 0.3) is 27.1 Å². The molecule has 0 saturated heterocycles. The fraction of sp³-hybridized carbons (Fsp3) is 0. The predicted molar refractivity (Wildman–Crippen MR) is 122 cm³/mol. The average Bonchev–Trinajstić information content (AvgIpc) is 3.24. The molecule has 0 saturated carbocycles. The van der Waals surface area contributed by atoms with Crippen LogP contribution in [0.5, 0.6) is 0 Å². The van der Waals surface area contributed by atoms with Crippen LogP contribution in [0.3, 0.4) is 0 Å². The third-order valence-corrected chi connectivity index (χ3v) is 5.89. The summed E-state index contributed by atoms with van der Waals surface area (Å²) in [6, 6.07) is 24.8. The van der Waals surface area contributed by atoms with E-state index >= 15 is 0 Å². The first-order valence-electron chi connectivity index (χ1n) is 9.18. The Balaban J connectivity index is 1.91. The van der Waals surface area contributed by atoms with Gasteiger partial charge in [-0.15, -0.1) is 0 Å². The second-order valence-corrected chi connectivity index (χ2v) is 7.64. The van der Waals surface area contributed by atoms with Crippen molar-refractivity contribution in [3.63, 3.8) is 0 Å². The second kappa shape index (κ2) is 6.98. The maximum Gasteiger partial charge on any atom is 0.0484 e. The Morgan fingerprint density at radius 2 is 0.929 bits per heavy atom. The van der Waals surface area contributed by atoms with Gasteiger partial charge < -0.3 is 0 Å². The van der Waals surface area contributed by atoms with Crippen molar-refractivity contribution in [2.45, 2.75) is 0 Å². The fourth-order valence-electron chi connectivity index (χ4n) is 3.98.